The van der Waals surface area contributed by atoms with Crippen LogP contribution in [0.4, 0.5) is 31.9 Å². The summed E-state index contributed by atoms with van der Waals surface area (Å²) >= 11 is 0. The Balaban J connectivity index is 1.61. The number of aromatic amines is 1. The van der Waals surface area contributed by atoms with Crippen molar-refractivity contribution >= 4 is 34.2 Å². The molecule has 4 rings (SSSR count). The maximum absolute atomic E-state index is 13.3. The number of H-pyrrole nitrogens is 1. The Morgan fingerprint density at radius 1 is 1.04 bits per heavy atom. The number of anilines is 4. The number of nitrogens with one attached hydrogen (secondary N) is 3. The van der Waals surface area contributed by atoms with Crippen LogP contribution in [0.2, 0.25) is 0 Å². The minimum absolute atomic E-state index is 0.215. The minimum Gasteiger partial charge on any atom is -0.408 e. The van der Waals surface area contributed by atoms with Crippen LogP contribution < -0.4 is 16.4 Å². The van der Waals surface area contributed by atoms with Gasteiger partial charge in [0.05, 0.1) is 5.52 Å². The van der Waals surface area contributed by atoms with E-state index in [9.17, 15) is 13.6 Å². The largest absolute Gasteiger partial charge is 0.417 e. The van der Waals surface area contributed by atoms with Gasteiger partial charge in [-0.05, 0) is 37.3 Å². The van der Waals surface area contributed by atoms with Crippen molar-refractivity contribution < 1.29 is 13.2 Å². The minimum atomic E-state index is -0.965. The zero-order chi connectivity index (χ0) is 19.0. The van der Waals surface area contributed by atoms with Gasteiger partial charge in [0.25, 0.3) is 0 Å². The van der Waals surface area contributed by atoms with E-state index in [-0.39, 0.29) is 5.95 Å². The van der Waals surface area contributed by atoms with Crippen molar-refractivity contribution in [3.8, 4) is 0 Å². The molecule has 0 saturated carbocycles. The van der Waals surface area contributed by atoms with Gasteiger partial charge < -0.3 is 15.1 Å². The highest BCUT2D eigenvalue weighted by atomic mass is 19.2. The topological polar surface area (TPSA) is 95.8 Å². The molecule has 9 heteroatoms. The molecule has 0 fully saturated rings. The summed E-state index contributed by atoms with van der Waals surface area (Å²) in [6.07, 6.45) is 1.59. The van der Waals surface area contributed by atoms with Gasteiger partial charge in [0.1, 0.15) is 5.82 Å². The highest BCUT2D eigenvalue weighted by Crippen LogP contribution is 2.23. The van der Waals surface area contributed by atoms with Gasteiger partial charge in [0.15, 0.2) is 17.2 Å². The summed E-state index contributed by atoms with van der Waals surface area (Å²) in [5.74, 6) is -1.70. The van der Waals surface area contributed by atoms with Gasteiger partial charge in [-0.2, -0.15) is 4.98 Å². The van der Waals surface area contributed by atoms with Gasteiger partial charge in [-0.15, -0.1) is 0 Å². The van der Waals surface area contributed by atoms with Crippen molar-refractivity contribution in [2.45, 2.75) is 6.92 Å². The number of rotatable bonds is 4. The standard InChI is InChI=1S/C18H13F2N5O2/c1-9-8-21-17(23-10-2-4-12(19)13(20)6-10)25-16(9)22-11-3-5-15-14(7-11)24-18(26)27-15/h2-8H,1H3,(H,24,26)(H2,21,22,23,25). The van der Waals surface area contributed by atoms with Gasteiger partial charge in [-0.25, -0.2) is 18.6 Å². The average Bonchev–Trinajstić information content (AvgIpc) is 3.00. The first kappa shape index (κ1) is 16.7. The molecule has 0 saturated heterocycles. The molecule has 0 unspecified atom stereocenters. The van der Waals surface area contributed by atoms with Crippen molar-refractivity contribution in [3.05, 3.63) is 70.3 Å². The number of nitrogens with zero attached hydrogens (tertiary/aromatic N) is 2. The predicted octanol–water partition coefficient (Wildman–Crippen LogP) is 3.98. The van der Waals surface area contributed by atoms with Crippen LogP contribution in [-0.4, -0.2) is 15.0 Å². The summed E-state index contributed by atoms with van der Waals surface area (Å²) in [4.78, 5) is 22.3. The van der Waals surface area contributed by atoms with Crippen LogP contribution in [0.1, 0.15) is 5.56 Å². The summed E-state index contributed by atoms with van der Waals surface area (Å²) in [6.45, 7) is 1.82. The third-order valence-corrected chi connectivity index (χ3v) is 3.83. The molecule has 0 aliphatic carbocycles. The molecule has 136 valence electrons. The first-order chi connectivity index (χ1) is 13.0. The van der Waals surface area contributed by atoms with Crippen molar-refractivity contribution in [1.29, 1.82) is 0 Å². The van der Waals surface area contributed by atoms with Crippen LogP contribution >= 0.6 is 0 Å². The van der Waals surface area contributed by atoms with Gasteiger partial charge >= 0.3 is 5.76 Å². The van der Waals surface area contributed by atoms with Crippen molar-refractivity contribution in [2.75, 3.05) is 10.6 Å². The van der Waals surface area contributed by atoms with Crippen LogP contribution in [0.25, 0.3) is 11.1 Å². The van der Waals surface area contributed by atoms with E-state index in [1.54, 1.807) is 24.4 Å². The Kier molecular flexibility index (Phi) is 4.03. The van der Waals surface area contributed by atoms with Crippen LogP contribution in [0, 0.1) is 18.6 Å². The summed E-state index contributed by atoms with van der Waals surface area (Å²) in [5, 5.41) is 5.96. The van der Waals surface area contributed by atoms with E-state index in [1.165, 1.54) is 6.07 Å². The van der Waals surface area contributed by atoms with Crippen molar-refractivity contribution in [2.24, 2.45) is 0 Å². The monoisotopic (exact) mass is 369 g/mol. The first-order valence-electron chi connectivity index (χ1n) is 7.93. The lowest BCUT2D eigenvalue weighted by Crippen LogP contribution is -2.03. The highest BCUT2D eigenvalue weighted by Gasteiger charge is 2.08. The molecule has 2 heterocycles. The maximum atomic E-state index is 13.3. The molecule has 7 nitrogen and oxygen atoms in total. The third-order valence-electron chi connectivity index (χ3n) is 3.83. The molecule has 3 N–H and O–H groups in total. The number of oxazole rings is 1. The Hall–Kier alpha value is -3.75. The Morgan fingerprint density at radius 2 is 1.81 bits per heavy atom. The van der Waals surface area contributed by atoms with Crippen molar-refractivity contribution in [1.82, 2.24) is 15.0 Å². The lowest BCUT2D eigenvalue weighted by Gasteiger charge is -2.11. The summed E-state index contributed by atoms with van der Waals surface area (Å²) < 4.78 is 31.3. The second kappa shape index (κ2) is 6.52. The van der Waals surface area contributed by atoms with Gasteiger partial charge in [0, 0.05) is 29.2 Å². The van der Waals surface area contributed by atoms with E-state index < -0.39 is 17.4 Å². The molecule has 0 spiro atoms. The summed E-state index contributed by atoms with van der Waals surface area (Å²) in [7, 11) is 0. The van der Waals surface area contributed by atoms with E-state index in [2.05, 4.69) is 25.6 Å². The molecule has 0 aliphatic rings. The number of aryl methyl sites for hydroxylation is 1. The Labute approximate surface area is 151 Å². The lowest BCUT2D eigenvalue weighted by atomic mass is 10.2. The van der Waals surface area contributed by atoms with E-state index in [0.717, 1.165) is 17.7 Å². The zero-order valence-corrected chi connectivity index (χ0v) is 14.0. The molecule has 2 aromatic carbocycles. The van der Waals surface area contributed by atoms with E-state index >= 15 is 0 Å². The normalized spacial score (nSPS) is 10.9. The fourth-order valence-electron chi connectivity index (χ4n) is 2.50. The van der Waals surface area contributed by atoms with Gasteiger partial charge in [0.2, 0.25) is 5.95 Å². The second-order valence-electron chi connectivity index (χ2n) is 5.83. The number of hydrogen-bond donors (Lipinski definition) is 3. The summed E-state index contributed by atoms with van der Waals surface area (Å²) in [6, 6.07) is 8.54. The molecular weight excluding hydrogens is 356 g/mol. The number of aromatic nitrogens is 3. The number of fused-ring (bicyclic) bond motifs is 1. The lowest BCUT2D eigenvalue weighted by molar-refractivity contribution is 0.509. The van der Waals surface area contributed by atoms with E-state index in [0.29, 0.717) is 28.3 Å². The molecular formula is C18H13F2N5O2. The van der Waals surface area contributed by atoms with E-state index in [1.807, 2.05) is 6.92 Å². The SMILES string of the molecule is Cc1cnc(Nc2ccc(F)c(F)c2)nc1Nc1ccc2oc(=O)[nH]c2c1. The fourth-order valence-corrected chi connectivity index (χ4v) is 2.50. The molecule has 0 radical (unpaired) electrons. The van der Waals surface area contributed by atoms with Gasteiger partial charge in [-0.1, -0.05) is 0 Å². The average molecular weight is 369 g/mol. The van der Waals surface area contributed by atoms with Crippen LogP contribution in [0.15, 0.2) is 51.8 Å². The molecule has 27 heavy (non-hydrogen) atoms. The van der Waals surface area contributed by atoms with Crippen LogP contribution in [0.5, 0.6) is 0 Å². The van der Waals surface area contributed by atoms with Crippen molar-refractivity contribution in [3.63, 3.8) is 0 Å². The highest BCUT2D eigenvalue weighted by molar-refractivity contribution is 5.78. The first-order valence-corrected chi connectivity index (χ1v) is 7.93. The van der Waals surface area contributed by atoms with Gasteiger partial charge in [-0.3, -0.25) is 4.98 Å². The van der Waals surface area contributed by atoms with Crippen LogP contribution in [-0.2, 0) is 0 Å². The Bertz CT molecular complexity index is 1200. The number of benzene rings is 2. The second-order valence-corrected chi connectivity index (χ2v) is 5.83. The zero-order valence-electron chi connectivity index (χ0n) is 14.0. The molecule has 2 aromatic heterocycles. The maximum Gasteiger partial charge on any atom is 0.417 e. The quantitative estimate of drug-likeness (QED) is 0.503. The smallest absolute Gasteiger partial charge is 0.408 e. The fraction of sp³-hybridized carbons (Fsp3) is 0.0556. The summed E-state index contributed by atoms with van der Waals surface area (Å²) in [5.41, 5.74) is 2.77. The molecule has 0 bridgehead atoms. The molecule has 4 aromatic rings. The molecule has 0 amide bonds. The van der Waals surface area contributed by atoms with E-state index in [4.69, 9.17) is 4.42 Å². The molecule has 0 aliphatic heterocycles. The van der Waals surface area contributed by atoms with Crippen LogP contribution in [0.3, 0.4) is 0 Å². The molecule has 0 atom stereocenters. The third kappa shape index (κ3) is 3.47. The predicted molar refractivity (Wildman–Crippen MR) is 96.5 cm³/mol. The number of halogens is 2. The Morgan fingerprint density at radius 3 is 2.63 bits per heavy atom. The number of hydrogen-bond acceptors (Lipinski definition) is 6.